The summed E-state index contributed by atoms with van der Waals surface area (Å²) in [4.78, 5) is 0. The second-order valence-electron chi connectivity index (χ2n) is 4.76. The number of halogens is 1. The molecule has 0 aliphatic heterocycles. The summed E-state index contributed by atoms with van der Waals surface area (Å²) in [5, 5.41) is 4.52. The van der Waals surface area contributed by atoms with Gasteiger partial charge in [-0.05, 0) is 28.4 Å². The number of aryl methyl sites for hydroxylation is 3. The Labute approximate surface area is 127 Å². The highest BCUT2D eigenvalue weighted by molar-refractivity contribution is 9.10. The minimum atomic E-state index is 0.0140. The van der Waals surface area contributed by atoms with Crippen molar-refractivity contribution in [1.29, 1.82) is 0 Å². The number of hydrogen-bond donors (Lipinski definition) is 2. The Morgan fingerprint density at radius 2 is 2.20 bits per heavy atom. The van der Waals surface area contributed by atoms with Crippen LogP contribution in [0.25, 0.3) is 0 Å². The predicted molar refractivity (Wildman–Crippen MR) is 82.1 cm³/mol. The van der Waals surface area contributed by atoms with Gasteiger partial charge in [0, 0.05) is 25.5 Å². The van der Waals surface area contributed by atoms with E-state index in [1.807, 2.05) is 17.8 Å². The highest BCUT2D eigenvalue weighted by atomic mass is 79.9. The van der Waals surface area contributed by atoms with Crippen LogP contribution in [0.1, 0.15) is 42.6 Å². The molecule has 2 rings (SSSR count). The van der Waals surface area contributed by atoms with E-state index < -0.39 is 0 Å². The maximum absolute atomic E-state index is 5.74. The molecule has 2 aromatic heterocycles. The van der Waals surface area contributed by atoms with Crippen LogP contribution in [-0.4, -0.2) is 9.78 Å². The SMILES string of the molecule is CCc1nn(C)c(CC(NN)c2ccoc2CC)c1Br. The van der Waals surface area contributed by atoms with E-state index >= 15 is 0 Å². The maximum atomic E-state index is 5.74. The Bertz CT molecular complexity index is 576. The molecule has 1 atom stereocenters. The summed E-state index contributed by atoms with van der Waals surface area (Å²) < 4.78 is 8.48. The van der Waals surface area contributed by atoms with E-state index in [9.17, 15) is 0 Å². The lowest BCUT2D eigenvalue weighted by Crippen LogP contribution is -2.30. The van der Waals surface area contributed by atoms with Crippen LogP contribution in [0.4, 0.5) is 0 Å². The summed E-state index contributed by atoms with van der Waals surface area (Å²) in [5.41, 5.74) is 6.20. The first-order valence-corrected chi connectivity index (χ1v) is 7.64. The predicted octanol–water partition coefficient (Wildman–Crippen LogP) is 2.65. The zero-order valence-corrected chi connectivity index (χ0v) is 13.7. The molecule has 3 N–H and O–H groups in total. The number of nitrogens with zero attached hydrogens (tertiary/aromatic N) is 2. The third kappa shape index (κ3) is 2.82. The molecule has 0 fully saturated rings. The number of hydrazine groups is 1. The number of rotatable bonds is 6. The topological polar surface area (TPSA) is 69.0 Å². The third-order valence-corrected chi connectivity index (χ3v) is 4.49. The molecule has 0 aliphatic rings. The van der Waals surface area contributed by atoms with Crippen molar-refractivity contribution in [3.8, 4) is 0 Å². The van der Waals surface area contributed by atoms with Gasteiger partial charge in [-0.2, -0.15) is 5.10 Å². The molecule has 0 saturated heterocycles. The summed E-state index contributed by atoms with van der Waals surface area (Å²) in [6.07, 6.45) is 4.23. The third-order valence-electron chi connectivity index (χ3n) is 3.58. The lowest BCUT2D eigenvalue weighted by atomic mass is 10.0. The van der Waals surface area contributed by atoms with Crippen molar-refractivity contribution < 1.29 is 4.42 Å². The summed E-state index contributed by atoms with van der Waals surface area (Å²) in [5.74, 6) is 6.71. The quantitative estimate of drug-likeness (QED) is 0.626. The van der Waals surface area contributed by atoms with E-state index in [0.29, 0.717) is 0 Å². The largest absolute Gasteiger partial charge is 0.469 e. The number of nitrogens with two attached hydrogens (primary N) is 1. The monoisotopic (exact) mass is 340 g/mol. The minimum Gasteiger partial charge on any atom is -0.469 e. The van der Waals surface area contributed by atoms with Crippen LogP contribution >= 0.6 is 15.9 Å². The molecule has 0 bridgehead atoms. The summed E-state index contributed by atoms with van der Waals surface area (Å²) in [6, 6.07) is 1.99. The van der Waals surface area contributed by atoms with E-state index in [4.69, 9.17) is 10.3 Å². The minimum absolute atomic E-state index is 0.0140. The normalized spacial score (nSPS) is 12.8. The molecular weight excluding hydrogens is 320 g/mol. The average molecular weight is 341 g/mol. The second-order valence-corrected chi connectivity index (χ2v) is 5.55. The van der Waals surface area contributed by atoms with E-state index in [2.05, 4.69) is 40.3 Å². The van der Waals surface area contributed by atoms with Gasteiger partial charge in [0.15, 0.2) is 0 Å². The van der Waals surface area contributed by atoms with Crippen molar-refractivity contribution in [3.05, 3.63) is 39.5 Å². The smallest absolute Gasteiger partial charge is 0.108 e. The molecule has 20 heavy (non-hydrogen) atoms. The fraction of sp³-hybridized carbons (Fsp3) is 0.500. The Hall–Kier alpha value is -1.11. The van der Waals surface area contributed by atoms with Gasteiger partial charge in [0.2, 0.25) is 0 Å². The highest BCUT2D eigenvalue weighted by Gasteiger charge is 2.21. The van der Waals surface area contributed by atoms with Gasteiger partial charge in [0.05, 0.1) is 28.2 Å². The molecule has 2 aromatic rings. The van der Waals surface area contributed by atoms with E-state index in [0.717, 1.165) is 46.4 Å². The van der Waals surface area contributed by atoms with Crippen molar-refractivity contribution in [3.63, 3.8) is 0 Å². The van der Waals surface area contributed by atoms with Crippen molar-refractivity contribution in [2.24, 2.45) is 12.9 Å². The molecule has 0 amide bonds. The first-order chi connectivity index (χ1) is 9.62. The second kappa shape index (κ2) is 6.56. The van der Waals surface area contributed by atoms with Gasteiger partial charge >= 0.3 is 0 Å². The summed E-state index contributed by atoms with van der Waals surface area (Å²) in [7, 11) is 1.96. The molecule has 1 unspecified atom stereocenters. The van der Waals surface area contributed by atoms with Gasteiger partial charge in [-0.25, -0.2) is 0 Å². The Morgan fingerprint density at radius 1 is 1.45 bits per heavy atom. The van der Waals surface area contributed by atoms with E-state index in [-0.39, 0.29) is 6.04 Å². The van der Waals surface area contributed by atoms with Crippen molar-refractivity contribution >= 4 is 15.9 Å². The van der Waals surface area contributed by atoms with Gasteiger partial charge in [-0.3, -0.25) is 16.0 Å². The zero-order chi connectivity index (χ0) is 14.7. The Morgan fingerprint density at radius 3 is 2.75 bits per heavy atom. The van der Waals surface area contributed by atoms with Gasteiger partial charge in [0.1, 0.15) is 5.76 Å². The average Bonchev–Trinajstić information content (AvgIpc) is 3.02. The number of nitrogens with one attached hydrogen (secondary N) is 1. The van der Waals surface area contributed by atoms with E-state index in [1.54, 1.807) is 6.26 Å². The van der Waals surface area contributed by atoms with Crippen LogP contribution in [0.5, 0.6) is 0 Å². The van der Waals surface area contributed by atoms with Crippen LogP contribution in [0.15, 0.2) is 21.2 Å². The zero-order valence-electron chi connectivity index (χ0n) is 12.1. The van der Waals surface area contributed by atoms with Crippen LogP contribution in [0.2, 0.25) is 0 Å². The standard InChI is InChI=1S/C14H21BrN4O/c1-4-10-14(15)12(19(3)18-10)8-11(17-16)9-6-7-20-13(9)5-2/h6-7,11,17H,4-5,8,16H2,1-3H3. The number of hydrogen-bond acceptors (Lipinski definition) is 4. The molecule has 5 nitrogen and oxygen atoms in total. The molecular formula is C14H21BrN4O. The molecule has 0 aliphatic carbocycles. The van der Waals surface area contributed by atoms with Crippen molar-refractivity contribution in [2.45, 2.75) is 39.2 Å². The van der Waals surface area contributed by atoms with Crippen molar-refractivity contribution in [1.82, 2.24) is 15.2 Å². The van der Waals surface area contributed by atoms with Gasteiger partial charge in [0.25, 0.3) is 0 Å². The molecule has 0 saturated carbocycles. The number of furan rings is 1. The van der Waals surface area contributed by atoms with Gasteiger partial charge < -0.3 is 4.42 Å². The molecule has 0 radical (unpaired) electrons. The van der Waals surface area contributed by atoms with Crippen LogP contribution in [-0.2, 0) is 26.3 Å². The fourth-order valence-electron chi connectivity index (χ4n) is 2.44. The van der Waals surface area contributed by atoms with Crippen LogP contribution in [0.3, 0.4) is 0 Å². The summed E-state index contributed by atoms with van der Waals surface area (Å²) >= 11 is 3.64. The molecule has 6 heteroatoms. The molecule has 110 valence electrons. The van der Waals surface area contributed by atoms with Crippen LogP contribution < -0.4 is 11.3 Å². The lowest BCUT2D eigenvalue weighted by Gasteiger charge is -2.16. The van der Waals surface area contributed by atoms with Gasteiger partial charge in [-0.15, -0.1) is 0 Å². The first kappa shape index (κ1) is 15.3. The molecule has 2 heterocycles. The Balaban J connectivity index is 2.29. The van der Waals surface area contributed by atoms with Gasteiger partial charge in [-0.1, -0.05) is 13.8 Å². The van der Waals surface area contributed by atoms with E-state index in [1.165, 1.54) is 0 Å². The first-order valence-electron chi connectivity index (χ1n) is 6.84. The Kier molecular flexibility index (Phi) is 5.01. The summed E-state index contributed by atoms with van der Waals surface area (Å²) in [6.45, 7) is 4.17. The number of aromatic nitrogens is 2. The fourth-order valence-corrected chi connectivity index (χ4v) is 3.22. The molecule has 0 spiro atoms. The lowest BCUT2D eigenvalue weighted by molar-refractivity contribution is 0.481. The van der Waals surface area contributed by atoms with Crippen LogP contribution in [0, 0.1) is 0 Å². The molecule has 0 aromatic carbocycles. The maximum Gasteiger partial charge on any atom is 0.108 e. The van der Waals surface area contributed by atoms with Crippen molar-refractivity contribution in [2.75, 3.05) is 0 Å². The highest BCUT2D eigenvalue weighted by Crippen LogP contribution is 2.28.